The second-order valence-electron chi connectivity index (χ2n) is 7.37. The summed E-state index contributed by atoms with van der Waals surface area (Å²) in [5.41, 5.74) is 0.645. The van der Waals surface area contributed by atoms with Gasteiger partial charge in [-0.1, -0.05) is 30.9 Å². The lowest BCUT2D eigenvalue weighted by Gasteiger charge is -2.34. The molecule has 2 fully saturated rings. The summed E-state index contributed by atoms with van der Waals surface area (Å²) in [5.74, 6) is 1.52. The standard InChI is InChI=1S/C20H29ClN2O2/c1-25-19-10-9-16(21)13-18(19)22-20(24)11-12-23(14-15-7-8-15)17-5-3-2-4-6-17/h9-10,13,15,17H,2-8,11-12,14H2,1H3,(H,22,24). The first kappa shape index (κ1) is 18.5. The highest BCUT2D eigenvalue weighted by Crippen LogP contribution is 2.33. The van der Waals surface area contributed by atoms with Crippen molar-refractivity contribution in [2.24, 2.45) is 5.92 Å². The van der Waals surface area contributed by atoms with Crippen LogP contribution < -0.4 is 10.1 Å². The number of carbonyl (C=O) groups is 1. The van der Waals surface area contributed by atoms with Gasteiger partial charge in [-0.25, -0.2) is 0 Å². The SMILES string of the molecule is COc1ccc(Cl)cc1NC(=O)CCN(CC1CC1)C1CCCCC1. The predicted molar refractivity (Wildman–Crippen MR) is 102 cm³/mol. The lowest BCUT2D eigenvalue weighted by Crippen LogP contribution is -2.40. The second-order valence-corrected chi connectivity index (χ2v) is 7.81. The molecule has 3 rings (SSSR count). The highest BCUT2D eigenvalue weighted by molar-refractivity contribution is 6.31. The Morgan fingerprint density at radius 2 is 2.00 bits per heavy atom. The summed E-state index contributed by atoms with van der Waals surface area (Å²) in [6.45, 7) is 2.01. The van der Waals surface area contributed by atoms with E-state index >= 15 is 0 Å². The molecule has 0 bridgehead atoms. The minimum atomic E-state index is 0.0252. The molecule has 0 heterocycles. The quantitative estimate of drug-likeness (QED) is 0.725. The first-order chi connectivity index (χ1) is 12.2. The van der Waals surface area contributed by atoms with Crippen molar-refractivity contribution in [3.05, 3.63) is 23.2 Å². The number of hydrogen-bond donors (Lipinski definition) is 1. The highest BCUT2D eigenvalue weighted by atomic mass is 35.5. The molecule has 2 aliphatic carbocycles. The summed E-state index contributed by atoms with van der Waals surface area (Å²) >= 11 is 6.04. The van der Waals surface area contributed by atoms with Gasteiger partial charge < -0.3 is 10.1 Å². The van der Waals surface area contributed by atoms with Crippen molar-refractivity contribution in [3.8, 4) is 5.75 Å². The third-order valence-electron chi connectivity index (χ3n) is 5.34. The van der Waals surface area contributed by atoms with E-state index in [1.165, 1.54) is 51.5 Å². The maximum absolute atomic E-state index is 12.4. The van der Waals surface area contributed by atoms with E-state index in [0.717, 1.165) is 12.5 Å². The molecular formula is C20H29ClN2O2. The van der Waals surface area contributed by atoms with E-state index in [-0.39, 0.29) is 5.91 Å². The average Bonchev–Trinajstić information content (AvgIpc) is 3.44. The fraction of sp³-hybridized carbons (Fsp3) is 0.650. The van der Waals surface area contributed by atoms with Crippen molar-refractivity contribution >= 4 is 23.2 Å². The fourth-order valence-electron chi connectivity index (χ4n) is 3.74. The van der Waals surface area contributed by atoms with E-state index in [4.69, 9.17) is 16.3 Å². The first-order valence-electron chi connectivity index (χ1n) is 9.53. The number of nitrogens with zero attached hydrogens (tertiary/aromatic N) is 1. The molecule has 0 aromatic heterocycles. The lowest BCUT2D eigenvalue weighted by atomic mass is 9.94. The molecule has 1 amide bonds. The Balaban J connectivity index is 1.54. The summed E-state index contributed by atoms with van der Waals surface area (Å²) in [4.78, 5) is 15.0. The summed E-state index contributed by atoms with van der Waals surface area (Å²) < 4.78 is 5.30. The van der Waals surface area contributed by atoms with Crippen LogP contribution in [0, 0.1) is 5.92 Å². The molecule has 0 saturated heterocycles. The Bertz CT molecular complexity index is 583. The van der Waals surface area contributed by atoms with Gasteiger partial charge in [0.2, 0.25) is 5.91 Å². The molecule has 0 aliphatic heterocycles. The molecule has 0 unspecified atom stereocenters. The molecular weight excluding hydrogens is 336 g/mol. The summed E-state index contributed by atoms with van der Waals surface area (Å²) in [6, 6.07) is 5.94. The van der Waals surface area contributed by atoms with Crippen LogP contribution in [0.2, 0.25) is 5.02 Å². The number of amides is 1. The molecule has 0 atom stereocenters. The Hall–Kier alpha value is -1.26. The molecule has 4 nitrogen and oxygen atoms in total. The first-order valence-corrected chi connectivity index (χ1v) is 9.91. The smallest absolute Gasteiger partial charge is 0.225 e. The van der Waals surface area contributed by atoms with Crippen molar-refractivity contribution in [2.45, 2.75) is 57.4 Å². The van der Waals surface area contributed by atoms with Crippen LogP contribution in [0.5, 0.6) is 5.75 Å². The molecule has 1 aromatic carbocycles. The maximum Gasteiger partial charge on any atom is 0.225 e. The Morgan fingerprint density at radius 1 is 1.24 bits per heavy atom. The van der Waals surface area contributed by atoms with Crippen molar-refractivity contribution < 1.29 is 9.53 Å². The van der Waals surface area contributed by atoms with Gasteiger partial charge in [0.1, 0.15) is 5.75 Å². The van der Waals surface area contributed by atoms with Crippen molar-refractivity contribution in [1.82, 2.24) is 4.90 Å². The molecule has 0 spiro atoms. The van der Waals surface area contributed by atoms with Crippen LogP contribution in [0.4, 0.5) is 5.69 Å². The van der Waals surface area contributed by atoms with Crippen molar-refractivity contribution in [2.75, 3.05) is 25.5 Å². The number of halogens is 1. The zero-order chi connectivity index (χ0) is 17.6. The van der Waals surface area contributed by atoms with Crippen LogP contribution in [0.3, 0.4) is 0 Å². The molecule has 5 heteroatoms. The van der Waals surface area contributed by atoms with Gasteiger partial charge in [-0.2, -0.15) is 0 Å². The third kappa shape index (κ3) is 5.61. The average molecular weight is 365 g/mol. The van der Waals surface area contributed by atoms with E-state index in [1.54, 1.807) is 25.3 Å². The maximum atomic E-state index is 12.4. The van der Waals surface area contributed by atoms with Gasteiger partial charge in [0.25, 0.3) is 0 Å². The number of ether oxygens (including phenoxy) is 1. The molecule has 1 aromatic rings. The molecule has 25 heavy (non-hydrogen) atoms. The normalized spacial score (nSPS) is 18.4. The molecule has 2 aliphatic rings. The van der Waals surface area contributed by atoms with E-state index in [1.807, 2.05) is 0 Å². The van der Waals surface area contributed by atoms with E-state index in [2.05, 4.69) is 10.2 Å². The van der Waals surface area contributed by atoms with Gasteiger partial charge >= 0.3 is 0 Å². The van der Waals surface area contributed by atoms with E-state index in [9.17, 15) is 4.79 Å². The summed E-state index contributed by atoms with van der Waals surface area (Å²) in [7, 11) is 1.60. The van der Waals surface area contributed by atoms with Crippen LogP contribution >= 0.6 is 11.6 Å². The largest absolute Gasteiger partial charge is 0.495 e. The minimum Gasteiger partial charge on any atom is -0.495 e. The molecule has 1 N–H and O–H groups in total. The van der Waals surface area contributed by atoms with Crippen LogP contribution in [0.1, 0.15) is 51.4 Å². The topological polar surface area (TPSA) is 41.6 Å². The number of benzene rings is 1. The third-order valence-corrected chi connectivity index (χ3v) is 5.58. The predicted octanol–water partition coefficient (Wildman–Crippen LogP) is 4.72. The van der Waals surface area contributed by atoms with Crippen molar-refractivity contribution in [3.63, 3.8) is 0 Å². The van der Waals surface area contributed by atoms with Crippen LogP contribution in [-0.4, -0.2) is 37.0 Å². The lowest BCUT2D eigenvalue weighted by molar-refractivity contribution is -0.116. The Labute approximate surface area is 155 Å². The number of carbonyl (C=O) groups excluding carboxylic acids is 1. The number of methoxy groups -OCH3 is 1. The number of hydrogen-bond acceptors (Lipinski definition) is 3. The van der Waals surface area contributed by atoms with Crippen molar-refractivity contribution in [1.29, 1.82) is 0 Å². The second kappa shape index (κ2) is 8.91. The van der Waals surface area contributed by atoms with Gasteiger partial charge in [-0.3, -0.25) is 9.69 Å². The zero-order valence-corrected chi connectivity index (χ0v) is 15.9. The summed E-state index contributed by atoms with van der Waals surface area (Å²) in [5, 5.41) is 3.55. The molecule has 0 radical (unpaired) electrons. The Morgan fingerprint density at radius 3 is 2.68 bits per heavy atom. The number of rotatable bonds is 8. The van der Waals surface area contributed by atoms with Gasteiger partial charge in [-0.15, -0.1) is 0 Å². The number of nitrogens with one attached hydrogen (secondary N) is 1. The van der Waals surface area contributed by atoms with Crippen LogP contribution in [0.25, 0.3) is 0 Å². The van der Waals surface area contributed by atoms with Gasteiger partial charge in [-0.05, 0) is 49.8 Å². The zero-order valence-electron chi connectivity index (χ0n) is 15.1. The van der Waals surface area contributed by atoms with Crippen LogP contribution in [0.15, 0.2) is 18.2 Å². The highest BCUT2D eigenvalue weighted by Gasteiger charge is 2.29. The van der Waals surface area contributed by atoms with Crippen LogP contribution in [-0.2, 0) is 4.79 Å². The monoisotopic (exact) mass is 364 g/mol. The van der Waals surface area contributed by atoms with Gasteiger partial charge in [0, 0.05) is 30.6 Å². The number of anilines is 1. The Kier molecular flexibility index (Phi) is 6.60. The van der Waals surface area contributed by atoms with E-state index in [0.29, 0.717) is 28.9 Å². The van der Waals surface area contributed by atoms with Gasteiger partial charge in [0.15, 0.2) is 0 Å². The fourth-order valence-corrected chi connectivity index (χ4v) is 3.91. The molecule has 2 saturated carbocycles. The van der Waals surface area contributed by atoms with E-state index < -0.39 is 0 Å². The minimum absolute atomic E-state index is 0.0252. The summed E-state index contributed by atoms with van der Waals surface area (Å²) in [6.07, 6.45) is 9.83. The van der Waals surface area contributed by atoms with Gasteiger partial charge in [0.05, 0.1) is 12.8 Å². The molecule has 138 valence electrons.